The lowest BCUT2D eigenvalue weighted by Gasteiger charge is -2.18. The largest absolute Gasteiger partial charge is 0.497 e. The Hall–Kier alpha value is -2.27. The SMILES string of the molecule is COc1ccc(CCC(Cn2ccnc2)Sc2ccccc2F)cc1. The van der Waals surface area contributed by atoms with Crippen LogP contribution in [0.15, 0.2) is 72.1 Å². The first-order valence-corrected chi connectivity index (χ1v) is 9.12. The third kappa shape index (κ3) is 5.10. The minimum absolute atomic E-state index is 0.160. The molecule has 0 aliphatic heterocycles. The van der Waals surface area contributed by atoms with Crippen molar-refractivity contribution in [2.24, 2.45) is 0 Å². The summed E-state index contributed by atoms with van der Waals surface area (Å²) in [6.07, 6.45) is 7.41. The standard InChI is InChI=1S/C20H21FN2OS/c1-24-17-9-6-16(7-10-17)8-11-18(14-23-13-12-22-15-23)25-20-5-3-2-4-19(20)21/h2-7,9-10,12-13,15,18H,8,11,14H2,1H3. The highest BCUT2D eigenvalue weighted by Crippen LogP contribution is 2.30. The molecule has 0 radical (unpaired) electrons. The van der Waals surface area contributed by atoms with Crippen LogP contribution in [0.4, 0.5) is 4.39 Å². The van der Waals surface area contributed by atoms with Gasteiger partial charge in [0.25, 0.3) is 0 Å². The summed E-state index contributed by atoms with van der Waals surface area (Å²) in [7, 11) is 1.67. The molecule has 1 aromatic heterocycles. The van der Waals surface area contributed by atoms with Crippen molar-refractivity contribution >= 4 is 11.8 Å². The third-order valence-electron chi connectivity index (χ3n) is 4.02. The first kappa shape index (κ1) is 17.5. The second-order valence-electron chi connectivity index (χ2n) is 5.82. The predicted octanol–water partition coefficient (Wildman–Crippen LogP) is 4.82. The number of ether oxygens (including phenoxy) is 1. The Morgan fingerprint density at radius 3 is 2.64 bits per heavy atom. The number of aryl methyl sites for hydroxylation is 1. The molecule has 130 valence electrons. The number of rotatable bonds is 8. The lowest BCUT2D eigenvalue weighted by atomic mass is 10.1. The van der Waals surface area contributed by atoms with Gasteiger partial charge in [-0.1, -0.05) is 24.3 Å². The Kier molecular flexibility index (Phi) is 6.12. The van der Waals surface area contributed by atoms with Crippen LogP contribution in [0, 0.1) is 5.82 Å². The molecule has 0 amide bonds. The number of benzene rings is 2. The van der Waals surface area contributed by atoms with E-state index in [1.165, 1.54) is 11.6 Å². The fraction of sp³-hybridized carbons (Fsp3) is 0.250. The van der Waals surface area contributed by atoms with Gasteiger partial charge in [-0.3, -0.25) is 0 Å². The average molecular weight is 356 g/mol. The summed E-state index contributed by atoms with van der Waals surface area (Å²) in [6.45, 7) is 0.801. The normalized spacial score (nSPS) is 12.1. The maximum absolute atomic E-state index is 14.0. The minimum Gasteiger partial charge on any atom is -0.497 e. The van der Waals surface area contributed by atoms with E-state index in [2.05, 4.69) is 17.1 Å². The molecule has 1 heterocycles. The predicted molar refractivity (Wildman–Crippen MR) is 99.6 cm³/mol. The first-order chi connectivity index (χ1) is 12.2. The molecule has 2 aromatic carbocycles. The highest BCUT2D eigenvalue weighted by atomic mass is 32.2. The van der Waals surface area contributed by atoms with Gasteiger partial charge in [-0.15, -0.1) is 11.8 Å². The van der Waals surface area contributed by atoms with E-state index in [0.29, 0.717) is 4.90 Å². The average Bonchev–Trinajstić information content (AvgIpc) is 3.15. The van der Waals surface area contributed by atoms with Crippen LogP contribution in [0.1, 0.15) is 12.0 Å². The van der Waals surface area contributed by atoms with Gasteiger partial charge in [0.1, 0.15) is 11.6 Å². The Labute approximate surface area is 151 Å². The number of aromatic nitrogens is 2. The molecule has 0 N–H and O–H groups in total. The summed E-state index contributed by atoms with van der Waals surface area (Å²) in [5, 5.41) is 0.258. The fourth-order valence-corrected chi connectivity index (χ4v) is 3.84. The number of hydrogen-bond donors (Lipinski definition) is 0. The number of imidazole rings is 1. The number of hydrogen-bond acceptors (Lipinski definition) is 3. The molecule has 5 heteroatoms. The van der Waals surface area contributed by atoms with E-state index in [4.69, 9.17) is 4.74 Å². The van der Waals surface area contributed by atoms with Crippen LogP contribution >= 0.6 is 11.8 Å². The van der Waals surface area contributed by atoms with Crippen molar-refractivity contribution < 1.29 is 9.13 Å². The van der Waals surface area contributed by atoms with E-state index in [-0.39, 0.29) is 11.1 Å². The summed E-state index contributed by atoms with van der Waals surface area (Å²) >= 11 is 1.59. The third-order valence-corrected chi connectivity index (χ3v) is 5.32. The highest BCUT2D eigenvalue weighted by molar-refractivity contribution is 8.00. The van der Waals surface area contributed by atoms with E-state index in [0.717, 1.165) is 25.1 Å². The van der Waals surface area contributed by atoms with Crippen LogP contribution in [-0.2, 0) is 13.0 Å². The molecule has 0 spiro atoms. The molecule has 3 rings (SSSR count). The number of nitrogens with zero attached hydrogens (tertiary/aromatic N) is 2. The Balaban J connectivity index is 1.68. The molecule has 0 aliphatic rings. The zero-order valence-electron chi connectivity index (χ0n) is 14.1. The Morgan fingerprint density at radius 1 is 1.16 bits per heavy atom. The van der Waals surface area contributed by atoms with Gasteiger partial charge >= 0.3 is 0 Å². The van der Waals surface area contributed by atoms with E-state index in [1.54, 1.807) is 31.1 Å². The number of methoxy groups -OCH3 is 1. The van der Waals surface area contributed by atoms with Crippen LogP contribution in [0.2, 0.25) is 0 Å². The second-order valence-corrected chi connectivity index (χ2v) is 7.16. The zero-order valence-corrected chi connectivity index (χ0v) is 15.0. The molecule has 3 aromatic rings. The number of halogens is 1. The summed E-state index contributed by atoms with van der Waals surface area (Å²) < 4.78 is 21.3. The Bertz CT molecular complexity index is 775. The summed E-state index contributed by atoms with van der Waals surface area (Å²) in [4.78, 5) is 4.80. The smallest absolute Gasteiger partial charge is 0.136 e. The van der Waals surface area contributed by atoms with Crippen LogP contribution in [-0.4, -0.2) is 21.9 Å². The maximum Gasteiger partial charge on any atom is 0.136 e. The van der Waals surface area contributed by atoms with E-state index >= 15 is 0 Å². The molecule has 3 nitrogen and oxygen atoms in total. The van der Waals surface area contributed by atoms with Crippen LogP contribution in [0.5, 0.6) is 5.75 Å². The molecule has 25 heavy (non-hydrogen) atoms. The van der Waals surface area contributed by atoms with Crippen molar-refractivity contribution in [3.05, 3.63) is 78.6 Å². The molecule has 1 unspecified atom stereocenters. The quantitative estimate of drug-likeness (QED) is 0.541. The Morgan fingerprint density at radius 2 is 1.96 bits per heavy atom. The summed E-state index contributed by atoms with van der Waals surface area (Å²) in [6, 6.07) is 15.1. The van der Waals surface area contributed by atoms with Crippen molar-refractivity contribution in [3.8, 4) is 5.75 Å². The number of thioether (sulfide) groups is 1. The maximum atomic E-state index is 14.0. The summed E-state index contributed by atoms with van der Waals surface area (Å²) in [5.74, 6) is 0.701. The lowest BCUT2D eigenvalue weighted by molar-refractivity contribution is 0.414. The molecule has 0 fully saturated rings. The zero-order chi connectivity index (χ0) is 17.5. The van der Waals surface area contributed by atoms with E-state index < -0.39 is 0 Å². The van der Waals surface area contributed by atoms with Gasteiger partial charge in [0.2, 0.25) is 0 Å². The van der Waals surface area contributed by atoms with Gasteiger partial charge in [0.05, 0.1) is 13.4 Å². The van der Waals surface area contributed by atoms with E-state index in [1.807, 2.05) is 41.4 Å². The topological polar surface area (TPSA) is 27.1 Å². The van der Waals surface area contributed by atoms with Crippen LogP contribution < -0.4 is 4.74 Å². The van der Waals surface area contributed by atoms with Crippen molar-refractivity contribution in [2.75, 3.05) is 7.11 Å². The van der Waals surface area contributed by atoms with Crippen molar-refractivity contribution in [2.45, 2.75) is 29.5 Å². The molecule has 0 saturated carbocycles. The van der Waals surface area contributed by atoms with Gasteiger partial charge < -0.3 is 9.30 Å². The van der Waals surface area contributed by atoms with Gasteiger partial charge in [-0.05, 0) is 42.7 Å². The molecule has 0 saturated heterocycles. The van der Waals surface area contributed by atoms with Crippen molar-refractivity contribution in [1.29, 1.82) is 0 Å². The van der Waals surface area contributed by atoms with Crippen molar-refractivity contribution in [1.82, 2.24) is 9.55 Å². The second kappa shape index (κ2) is 8.72. The van der Waals surface area contributed by atoms with Gasteiger partial charge in [-0.25, -0.2) is 9.37 Å². The van der Waals surface area contributed by atoms with Crippen LogP contribution in [0.3, 0.4) is 0 Å². The molecule has 1 atom stereocenters. The van der Waals surface area contributed by atoms with Gasteiger partial charge in [0.15, 0.2) is 0 Å². The fourth-order valence-electron chi connectivity index (χ4n) is 2.66. The lowest BCUT2D eigenvalue weighted by Crippen LogP contribution is -2.13. The van der Waals surface area contributed by atoms with Gasteiger partial charge in [0, 0.05) is 29.1 Å². The molecule has 0 bridgehead atoms. The summed E-state index contributed by atoms with van der Waals surface area (Å²) in [5.41, 5.74) is 1.26. The first-order valence-electron chi connectivity index (χ1n) is 8.24. The molecule has 0 aliphatic carbocycles. The van der Waals surface area contributed by atoms with Gasteiger partial charge in [-0.2, -0.15) is 0 Å². The molecular formula is C20H21FN2OS. The highest BCUT2D eigenvalue weighted by Gasteiger charge is 2.14. The van der Waals surface area contributed by atoms with Crippen LogP contribution in [0.25, 0.3) is 0 Å². The monoisotopic (exact) mass is 356 g/mol. The molecular weight excluding hydrogens is 335 g/mol. The minimum atomic E-state index is -0.160. The van der Waals surface area contributed by atoms with E-state index in [9.17, 15) is 4.39 Å². The van der Waals surface area contributed by atoms with Crippen molar-refractivity contribution in [3.63, 3.8) is 0 Å².